The molecule has 4 aromatic rings. The van der Waals surface area contributed by atoms with Crippen LogP contribution in [-0.2, 0) is 27.1 Å². The van der Waals surface area contributed by atoms with Crippen molar-refractivity contribution >= 4 is 65.6 Å². The lowest BCUT2D eigenvalue weighted by molar-refractivity contribution is -0.136. The number of anilines is 3. The lowest BCUT2D eigenvalue weighted by atomic mass is 9.99. The number of nitrogens with one attached hydrogen (secondary N) is 4. The van der Waals surface area contributed by atoms with Gasteiger partial charge in [-0.25, -0.2) is 9.98 Å². The predicted octanol–water partition coefficient (Wildman–Crippen LogP) is 4.92. The molecule has 3 aromatic carbocycles. The van der Waals surface area contributed by atoms with Crippen LogP contribution < -0.4 is 35.6 Å². The number of aryl methyl sites for hydroxylation is 1. The molecule has 0 saturated carbocycles. The maximum absolute atomic E-state index is 13.1. The number of carbonyl (C=O) groups excluding carboxylic acids is 3. The molecule has 5 heterocycles. The fourth-order valence-electron chi connectivity index (χ4n) is 9.38. The van der Waals surface area contributed by atoms with E-state index in [-0.39, 0.29) is 18.2 Å². The molecule has 65 heavy (non-hydrogen) atoms. The second-order valence-corrected chi connectivity index (χ2v) is 20.5. The van der Waals surface area contributed by atoms with Crippen LogP contribution in [-0.4, -0.2) is 147 Å². The first-order valence-electron chi connectivity index (χ1n) is 22.5. The Hall–Kier alpha value is -6.03. The van der Waals surface area contributed by atoms with E-state index in [1.165, 1.54) is 11.3 Å². The number of carbonyl (C=O) groups is 3. The first-order chi connectivity index (χ1) is 31.4. The fourth-order valence-corrected chi connectivity index (χ4v) is 10.5. The number of aromatic nitrogens is 2. The highest BCUT2D eigenvalue weighted by atomic mass is 31.2. The minimum Gasteiger partial charge on any atom is -0.495 e. The largest absolute Gasteiger partial charge is 0.495 e. The highest BCUT2D eigenvalue weighted by Gasteiger charge is 2.39. The SMILES string of the molecule is C=NC(=Nc1ccccc1P(C)(C)=O)c1cn[nH]c1NCNc1cc(CC)c(N2CCC(N3CCN(CCOc4ccc5c(c4)CN(C4CCC(=O)NC4=O)C5=O)CC3)CC2)cc1OC. The number of fused-ring (bicyclic) bond motifs is 1. The van der Waals surface area contributed by atoms with Gasteiger partial charge in [-0.2, -0.15) is 5.10 Å². The molecule has 0 aliphatic carbocycles. The van der Waals surface area contributed by atoms with Gasteiger partial charge in [0.15, 0.2) is 5.84 Å². The molecule has 344 valence electrons. The van der Waals surface area contributed by atoms with Crippen molar-refractivity contribution in [3.63, 3.8) is 0 Å². The van der Waals surface area contributed by atoms with Crippen LogP contribution in [0.5, 0.6) is 11.5 Å². The molecule has 4 aliphatic rings. The maximum atomic E-state index is 13.1. The Labute approximate surface area is 380 Å². The number of aromatic amines is 1. The summed E-state index contributed by atoms with van der Waals surface area (Å²) in [7, 11) is -0.875. The first kappa shape index (κ1) is 45.5. The number of amides is 3. The van der Waals surface area contributed by atoms with E-state index < -0.39 is 19.1 Å². The molecular weight excluding hydrogens is 846 g/mol. The van der Waals surface area contributed by atoms with Gasteiger partial charge in [-0.3, -0.25) is 34.6 Å². The summed E-state index contributed by atoms with van der Waals surface area (Å²) in [6.07, 6.45) is 5.29. The van der Waals surface area contributed by atoms with Crippen LogP contribution >= 0.6 is 7.14 Å². The van der Waals surface area contributed by atoms with Gasteiger partial charge in [0.1, 0.15) is 37.1 Å². The molecule has 0 radical (unpaired) electrons. The number of benzene rings is 3. The molecule has 0 spiro atoms. The number of methoxy groups -OCH3 is 1. The Morgan fingerprint density at radius 3 is 2.49 bits per heavy atom. The quantitative estimate of drug-likeness (QED) is 0.0392. The lowest BCUT2D eigenvalue weighted by Gasteiger charge is -2.43. The van der Waals surface area contributed by atoms with Crippen LogP contribution in [0.2, 0.25) is 0 Å². The summed E-state index contributed by atoms with van der Waals surface area (Å²) in [6, 6.07) is 17.2. The number of imide groups is 1. The number of para-hydroxylation sites is 1. The van der Waals surface area contributed by atoms with Crippen LogP contribution in [0.1, 0.15) is 59.7 Å². The Kier molecular flexibility index (Phi) is 14.0. The van der Waals surface area contributed by atoms with Crippen LogP contribution in [0.25, 0.3) is 0 Å². The van der Waals surface area contributed by atoms with Crippen molar-refractivity contribution in [2.24, 2.45) is 9.98 Å². The molecule has 3 saturated heterocycles. The fraction of sp³-hybridized carbons (Fsp3) is 0.447. The van der Waals surface area contributed by atoms with E-state index in [1.807, 2.05) is 36.4 Å². The Morgan fingerprint density at radius 2 is 1.77 bits per heavy atom. The van der Waals surface area contributed by atoms with Crippen LogP contribution in [0.4, 0.5) is 22.9 Å². The zero-order valence-corrected chi connectivity index (χ0v) is 38.7. The summed E-state index contributed by atoms with van der Waals surface area (Å²) in [4.78, 5) is 55.2. The summed E-state index contributed by atoms with van der Waals surface area (Å²) in [5.74, 6) is 1.59. The van der Waals surface area contributed by atoms with Crippen molar-refractivity contribution in [3.05, 3.63) is 83.0 Å². The number of hydrogen-bond acceptors (Lipinski definition) is 13. The van der Waals surface area contributed by atoms with Crippen molar-refractivity contribution < 1.29 is 28.4 Å². The Bertz CT molecular complexity index is 2490. The summed E-state index contributed by atoms with van der Waals surface area (Å²) < 4.78 is 25.0. The summed E-state index contributed by atoms with van der Waals surface area (Å²) in [5, 5.41) is 17.1. The molecule has 8 rings (SSSR count). The molecule has 3 fully saturated rings. The molecule has 17 nitrogen and oxygen atoms in total. The monoisotopic (exact) mass is 905 g/mol. The number of nitrogens with zero attached hydrogens (tertiary/aromatic N) is 7. The van der Waals surface area contributed by atoms with Gasteiger partial charge in [0.25, 0.3) is 5.91 Å². The average molecular weight is 906 g/mol. The third-order valence-corrected chi connectivity index (χ3v) is 14.5. The number of ether oxygens (including phenoxy) is 2. The van der Waals surface area contributed by atoms with Crippen molar-refractivity contribution in [2.45, 2.75) is 57.7 Å². The zero-order chi connectivity index (χ0) is 45.7. The number of hydrogen-bond donors (Lipinski definition) is 4. The minimum absolute atomic E-state index is 0.180. The smallest absolute Gasteiger partial charge is 0.255 e. The van der Waals surface area contributed by atoms with Gasteiger partial charge in [-0.15, -0.1) is 0 Å². The summed E-state index contributed by atoms with van der Waals surface area (Å²) >= 11 is 0. The number of amidine groups is 1. The van der Waals surface area contributed by atoms with E-state index >= 15 is 0 Å². The molecule has 3 amide bonds. The molecule has 1 atom stereocenters. The maximum Gasteiger partial charge on any atom is 0.255 e. The van der Waals surface area contributed by atoms with Crippen molar-refractivity contribution in [1.82, 2.24) is 30.2 Å². The Morgan fingerprint density at radius 1 is 0.985 bits per heavy atom. The predicted molar refractivity (Wildman–Crippen MR) is 256 cm³/mol. The molecule has 0 bridgehead atoms. The van der Waals surface area contributed by atoms with Crippen LogP contribution in [0.3, 0.4) is 0 Å². The van der Waals surface area contributed by atoms with Gasteiger partial charge in [0.2, 0.25) is 11.8 Å². The minimum atomic E-state index is -2.58. The molecule has 18 heteroatoms. The second-order valence-electron chi connectivity index (χ2n) is 17.3. The number of piperazine rings is 1. The standard InChI is InChI=1S/C47H60N11O6P/c1-6-31-26-38(49-30-50-45-36(28-51-54-45)44(48-2)52-37-9-7-8-10-42(37)65(4,5)62)41(63-3)27-40(31)57-17-15-33(16-18-57)56-21-19-55(20-22-56)23-24-64-34-11-12-35-32(25-34)29-58(47(35)61)39-13-14-43(59)53-46(39)60/h7-12,25-28,33,39,49H,2,6,13-24,29-30H2,1,3-5H3,(H2,50,51,54)(H,53,59,60). The van der Waals surface area contributed by atoms with E-state index in [0.717, 1.165) is 82.1 Å². The van der Waals surface area contributed by atoms with Crippen molar-refractivity contribution in [3.8, 4) is 11.5 Å². The summed E-state index contributed by atoms with van der Waals surface area (Å²) in [5.41, 5.74) is 6.01. The van der Waals surface area contributed by atoms with Crippen molar-refractivity contribution in [1.29, 1.82) is 0 Å². The first-order valence-corrected chi connectivity index (χ1v) is 25.1. The number of piperidine rings is 2. The van der Waals surface area contributed by atoms with E-state index in [4.69, 9.17) is 14.5 Å². The van der Waals surface area contributed by atoms with Gasteiger partial charge in [0.05, 0.1) is 36.9 Å². The molecule has 4 N–H and O–H groups in total. The number of aliphatic imine (C=N–C) groups is 2. The number of H-pyrrole nitrogens is 1. The molecule has 4 aliphatic heterocycles. The average Bonchev–Trinajstić information content (AvgIpc) is 3.91. The topological polar surface area (TPSA) is 189 Å². The second kappa shape index (κ2) is 20.0. The van der Waals surface area contributed by atoms with E-state index in [9.17, 15) is 18.9 Å². The summed E-state index contributed by atoms with van der Waals surface area (Å²) in [6.45, 7) is 17.4. The van der Waals surface area contributed by atoms with Crippen LogP contribution in [0, 0.1) is 0 Å². The number of rotatable bonds is 16. The third-order valence-electron chi connectivity index (χ3n) is 12.9. The molecule has 1 unspecified atom stereocenters. The lowest BCUT2D eigenvalue weighted by Crippen LogP contribution is -2.53. The van der Waals surface area contributed by atoms with E-state index in [1.54, 1.807) is 37.6 Å². The van der Waals surface area contributed by atoms with Gasteiger partial charge in [-0.1, -0.05) is 19.1 Å². The van der Waals surface area contributed by atoms with Gasteiger partial charge >= 0.3 is 0 Å². The van der Waals surface area contributed by atoms with E-state index in [2.05, 4.69) is 71.6 Å². The highest BCUT2D eigenvalue weighted by molar-refractivity contribution is 7.70. The van der Waals surface area contributed by atoms with Crippen molar-refractivity contribution in [2.75, 3.05) is 95.1 Å². The van der Waals surface area contributed by atoms with E-state index in [0.29, 0.717) is 71.8 Å². The third kappa shape index (κ3) is 10.3. The van der Waals surface area contributed by atoms with Gasteiger partial charge in [0, 0.05) is 87.4 Å². The van der Waals surface area contributed by atoms with Gasteiger partial charge < -0.3 is 34.5 Å². The zero-order valence-electron chi connectivity index (χ0n) is 37.8. The van der Waals surface area contributed by atoms with Gasteiger partial charge in [-0.05, 0) is 93.3 Å². The Balaban J connectivity index is 0.794. The molecular formula is C47H60N11O6P. The van der Waals surface area contributed by atoms with Crippen LogP contribution in [0.15, 0.2) is 70.8 Å². The highest BCUT2D eigenvalue weighted by Crippen LogP contribution is 2.39. The molecule has 1 aromatic heterocycles. The normalized spacial score (nSPS) is 19.0.